The van der Waals surface area contributed by atoms with Crippen LogP contribution in [0.1, 0.15) is 26.4 Å². The fourth-order valence-corrected chi connectivity index (χ4v) is 1.76. The van der Waals surface area contributed by atoms with Crippen LogP contribution in [0.4, 0.5) is 5.69 Å². The summed E-state index contributed by atoms with van der Waals surface area (Å²) < 4.78 is 0. The second-order valence-electron chi connectivity index (χ2n) is 4.08. The van der Waals surface area contributed by atoms with Crippen LogP contribution in [0.25, 0.3) is 0 Å². The van der Waals surface area contributed by atoms with Gasteiger partial charge in [-0.3, -0.25) is 9.59 Å². The Morgan fingerprint density at radius 3 is 2.63 bits per heavy atom. The van der Waals surface area contributed by atoms with E-state index >= 15 is 0 Å². The van der Waals surface area contributed by atoms with Crippen LogP contribution in [0.5, 0.6) is 0 Å². The van der Waals surface area contributed by atoms with Crippen molar-refractivity contribution in [3.63, 3.8) is 0 Å². The second-order valence-corrected chi connectivity index (χ2v) is 4.52. The molecule has 1 aromatic carbocycles. The molecule has 0 saturated carbocycles. The number of nitrogens with two attached hydrogens (primary N) is 1. The lowest BCUT2D eigenvalue weighted by Crippen LogP contribution is -2.15. The number of hydrogen-bond donors (Lipinski definition) is 3. The maximum absolute atomic E-state index is 11.9. The van der Waals surface area contributed by atoms with Crippen LogP contribution >= 0.6 is 11.6 Å². The predicted molar refractivity (Wildman–Crippen MR) is 73.5 cm³/mol. The number of H-pyrrole nitrogens is 1. The Hall–Kier alpha value is -2.27. The third-order valence-corrected chi connectivity index (χ3v) is 2.88. The molecule has 4 N–H and O–H groups in total. The highest BCUT2D eigenvalue weighted by atomic mass is 35.5. The average molecular weight is 278 g/mol. The smallest absolute Gasteiger partial charge is 0.272 e. The van der Waals surface area contributed by atoms with Crippen LogP contribution in [-0.4, -0.2) is 16.8 Å². The largest absolute Gasteiger partial charge is 0.366 e. The maximum atomic E-state index is 11.9. The van der Waals surface area contributed by atoms with Gasteiger partial charge < -0.3 is 16.0 Å². The molecule has 0 spiro atoms. The standard InChI is InChI=1S/C13H12ClN3O2/c1-7-2-3-8(12(15)18)4-10(7)17-13(19)11-5-9(14)6-16-11/h2-6,16H,1H3,(H2,15,18)(H,17,19). The molecule has 0 unspecified atom stereocenters. The molecule has 6 heteroatoms. The van der Waals surface area contributed by atoms with Crippen molar-refractivity contribution in [2.75, 3.05) is 5.32 Å². The Labute approximate surface area is 114 Å². The summed E-state index contributed by atoms with van der Waals surface area (Å²) in [5.41, 5.74) is 7.25. The Kier molecular flexibility index (Phi) is 3.57. The van der Waals surface area contributed by atoms with Crippen LogP contribution in [0.3, 0.4) is 0 Å². The number of hydrogen-bond acceptors (Lipinski definition) is 2. The van der Waals surface area contributed by atoms with Gasteiger partial charge in [-0.05, 0) is 30.7 Å². The normalized spacial score (nSPS) is 10.2. The molecule has 1 aromatic heterocycles. The van der Waals surface area contributed by atoms with Gasteiger partial charge in [0, 0.05) is 17.4 Å². The Bertz CT molecular complexity index is 649. The lowest BCUT2D eigenvalue weighted by Gasteiger charge is -2.08. The predicted octanol–water partition coefficient (Wildman–Crippen LogP) is 2.33. The quantitative estimate of drug-likeness (QED) is 0.804. The summed E-state index contributed by atoms with van der Waals surface area (Å²) in [5.74, 6) is -0.880. The van der Waals surface area contributed by atoms with Gasteiger partial charge in [0.1, 0.15) is 5.69 Å². The van der Waals surface area contributed by atoms with Crippen LogP contribution < -0.4 is 11.1 Å². The van der Waals surface area contributed by atoms with E-state index in [0.717, 1.165) is 5.56 Å². The van der Waals surface area contributed by atoms with Crippen molar-refractivity contribution < 1.29 is 9.59 Å². The summed E-state index contributed by atoms with van der Waals surface area (Å²) in [4.78, 5) is 25.8. The topological polar surface area (TPSA) is 88.0 Å². The molecule has 5 nitrogen and oxygen atoms in total. The summed E-state index contributed by atoms with van der Waals surface area (Å²) in [6.45, 7) is 1.82. The highest BCUT2D eigenvalue weighted by Crippen LogP contribution is 2.18. The molecule has 19 heavy (non-hydrogen) atoms. The average Bonchev–Trinajstić information content (AvgIpc) is 2.78. The molecule has 1 heterocycles. The van der Waals surface area contributed by atoms with Crippen molar-refractivity contribution in [2.45, 2.75) is 6.92 Å². The summed E-state index contributed by atoms with van der Waals surface area (Å²) >= 11 is 5.73. The first kappa shape index (κ1) is 13.2. The van der Waals surface area contributed by atoms with E-state index in [2.05, 4.69) is 10.3 Å². The molecule has 2 rings (SSSR count). The van der Waals surface area contributed by atoms with Crippen LogP contribution in [0, 0.1) is 6.92 Å². The summed E-state index contributed by atoms with van der Waals surface area (Å²) in [5, 5.41) is 3.15. The van der Waals surface area contributed by atoms with Crippen molar-refractivity contribution >= 4 is 29.1 Å². The zero-order valence-electron chi connectivity index (χ0n) is 10.2. The van der Waals surface area contributed by atoms with E-state index < -0.39 is 5.91 Å². The van der Waals surface area contributed by atoms with Gasteiger partial charge in [-0.1, -0.05) is 17.7 Å². The molecule has 0 aliphatic carbocycles. The van der Waals surface area contributed by atoms with Gasteiger partial charge in [-0.25, -0.2) is 0 Å². The fraction of sp³-hybridized carbons (Fsp3) is 0.0769. The molecular weight excluding hydrogens is 266 g/mol. The second kappa shape index (κ2) is 5.16. The van der Waals surface area contributed by atoms with Crippen molar-refractivity contribution in [1.29, 1.82) is 0 Å². The molecular formula is C13H12ClN3O2. The van der Waals surface area contributed by atoms with Gasteiger partial charge >= 0.3 is 0 Å². The van der Waals surface area contributed by atoms with Gasteiger partial charge in [0.15, 0.2) is 0 Å². The molecule has 2 amide bonds. The van der Waals surface area contributed by atoms with E-state index in [0.29, 0.717) is 22.0 Å². The number of aromatic amines is 1. The first-order valence-electron chi connectivity index (χ1n) is 5.53. The number of benzene rings is 1. The number of aromatic nitrogens is 1. The number of rotatable bonds is 3. The first-order valence-corrected chi connectivity index (χ1v) is 5.91. The zero-order valence-corrected chi connectivity index (χ0v) is 10.9. The van der Waals surface area contributed by atoms with E-state index in [1.54, 1.807) is 18.2 Å². The monoisotopic (exact) mass is 277 g/mol. The van der Waals surface area contributed by atoms with Gasteiger partial charge in [-0.15, -0.1) is 0 Å². The molecule has 0 aliphatic rings. The lowest BCUT2D eigenvalue weighted by molar-refractivity contribution is 0.0995. The van der Waals surface area contributed by atoms with Gasteiger partial charge in [-0.2, -0.15) is 0 Å². The molecule has 0 aliphatic heterocycles. The zero-order chi connectivity index (χ0) is 14.0. The van der Waals surface area contributed by atoms with Crippen molar-refractivity contribution in [3.8, 4) is 0 Å². The van der Waals surface area contributed by atoms with Crippen molar-refractivity contribution in [2.24, 2.45) is 5.73 Å². The number of nitrogens with one attached hydrogen (secondary N) is 2. The Morgan fingerprint density at radius 2 is 2.05 bits per heavy atom. The number of halogens is 1. The summed E-state index contributed by atoms with van der Waals surface area (Å²) in [6.07, 6.45) is 1.52. The fourth-order valence-electron chi connectivity index (χ4n) is 1.60. The van der Waals surface area contributed by atoms with Crippen LogP contribution in [0.15, 0.2) is 30.5 Å². The molecule has 0 bridgehead atoms. The number of amides is 2. The van der Waals surface area contributed by atoms with Crippen LogP contribution in [-0.2, 0) is 0 Å². The molecule has 0 fully saturated rings. The third kappa shape index (κ3) is 2.95. The lowest BCUT2D eigenvalue weighted by atomic mass is 10.1. The van der Waals surface area contributed by atoms with E-state index in [-0.39, 0.29) is 5.91 Å². The summed E-state index contributed by atoms with van der Waals surface area (Å²) in [6, 6.07) is 6.39. The van der Waals surface area contributed by atoms with Crippen LogP contribution in [0.2, 0.25) is 5.02 Å². The number of carbonyl (C=O) groups excluding carboxylic acids is 2. The molecule has 2 aromatic rings. The molecule has 0 radical (unpaired) electrons. The number of anilines is 1. The number of aryl methyl sites for hydroxylation is 1. The van der Waals surface area contributed by atoms with Gasteiger partial charge in [0.05, 0.1) is 5.02 Å². The van der Waals surface area contributed by atoms with E-state index in [1.807, 2.05) is 6.92 Å². The maximum Gasteiger partial charge on any atom is 0.272 e. The third-order valence-electron chi connectivity index (χ3n) is 2.66. The summed E-state index contributed by atoms with van der Waals surface area (Å²) in [7, 11) is 0. The van der Waals surface area contributed by atoms with Gasteiger partial charge in [0.25, 0.3) is 5.91 Å². The van der Waals surface area contributed by atoms with E-state index in [4.69, 9.17) is 17.3 Å². The number of primary amides is 1. The highest BCUT2D eigenvalue weighted by molar-refractivity contribution is 6.31. The molecule has 98 valence electrons. The molecule has 0 saturated heterocycles. The minimum Gasteiger partial charge on any atom is -0.366 e. The van der Waals surface area contributed by atoms with E-state index in [1.165, 1.54) is 12.3 Å². The Balaban J connectivity index is 2.25. The minimum absolute atomic E-state index is 0.336. The van der Waals surface area contributed by atoms with Crippen molar-refractivity contribution in [1.82, 2.24) is 4.98 Å². The van der Waals surface area contributed by atoms with E-state index in [9.17, 15) is 9.59 Å². The van der Waals surface area contributed by atoms with Crippen molar-refractivity contribution in [3.05, 3.63) is 52.3 Å². The first-order chi connectivity index (χ1) is 8.97. The molecule has 0 atom stereocenters. The number of carbonyl (C=O) groups is 2. The highest BCUT2D eigenvalue weighted by Gasteiger charge is 2.11. The Morgan fingerprint density at radius 1 is 1.32 bits per heavy atom. The van der Waals surface area contributed by atoms with Gasteiger partial charge in [0.2, 0.25) is 5.91 Å². The minimum atomic E-state index is -0.543. The SMILES string of the molecule is Cc1ccc(C(N)=O)cc1NC(=O)c1cc(Cl)c[nH]1.